The number of aliphatic hydroxyl groups is 1. The Hall–Kier alpha value is -1.28. The van der Waals surface area contributed by atoms with Gasteiger partial charge in [0.15, 0.2) is 0 Å². The van der Waals surface area contributed by atoms with Gasteiger partial charge in [0.1, 0.15) is 5.58 Å². The average Bonchev–Trinajstić information content (AvgIpc) is 2.61. The van der Waals surface area contributed by atoms with Gasteiger partial charge >= 0.3 is 0 Å². The van der Waals surface area contributed by atoms with E-state index in [-0.39, 0.29) is 0 Å². The van der Waals surface area contributed by atoms with Crippen molar-refractivity contribution in [2.24, 2.45) is 0 Å². The van der Waals surface area contributed by atoms with Crippen molar-refractivity contribution in [2.45, 2.75) is 25.9 Å². The van der Waals surface area contributed by atoms with Crippen LogP contribution < -0.4 is 0 Å². The number of para-hydroxylation sites is 1. The van der Waals surface area contributed by atoms with Crippen LogP contribution in [0.1, 0.15) is 31.4 Å². The maximum atomic E-state index is 9.85. The number of rotatable bonds is 3. The van der Waals surface area contributed by atoms with Crippen LogP contribution in [0.4, 0.5) is 0 Å². The number of furan rings is 1. The van der Waals surface area contributed by atoms with Crippen molar-refractivity contribution in [3.05, 3.63) is 36.1 Å². The highest BCUT2D eigenvalue weighted by molar-refractivity contribution is 5.81. The van der Waals surface area contributed by atoms with Gasteiger partial charge in [0.05, 0.1) is 12.4 Å². The summed E-state index contributed by atoms with van der Waals surface area (Å²) in [6, 6.07) is 7.78. The van der Waals surface area contributed by atoms with Gasteiger partial charge in [0.25, 0.3) is 0 Å². The predicted molar refractivity (Wildman–Crippen MR) is 56.1 cm³/mol. The third-order valence-corrected chi connectivity index (χ3v) is 2.43. The number of aliphatic hydroxyl groups excluding tert-OH is 1. The zero-order valence-electron chi connectivity index (χ0n) is 8.23. The molecule has 0 aliphatic rings. The van der Waals surface area contributed by atoms with Crippen LogP contribution in [0.5, 0.6) is 0 Å². The van der Waals surface area contributed by atoms with Gasteiger partial charge in [-0.25, -0.2) is 0 Å². The topological polar surface area (TPSA) is 33.4 Å². The molecule has 14 heavy (non-hydrogen) atoms. The molecule has 2 nitrogen and oxygen atoms in total. The number of hydrogen-bond acceptors (Lipinski definition) is 2. The minimum atomic E-state index is -0.399. The molecule has 2 rings (SSSR count). The second kappa shape index (κ2) is 3.84. The van der Waals surface area contributed by atoms with E-state index in [9.17, 15) is 5.11 Å². The average molecular weight is 190 g/mol. The van der Waals surface area contributed by atoms with Crippen LogP contribution in [0.2, 0.25) is 0 Å². The van der Waals surface area contributed by atoms with Crippen LogP contribution in [-0.4, -0.2) is 5.11 Å². The fourth-order valence-electron chi connectivity index (χ4n) is 1.69. The summed E-state index contributed by atoms with van der Waals surface area (Å²) in [4.78, 5) is 0. The molecular formula is C12H14O2. The molecule has 2 heteroatoms. The maximum absolute atomic E-state index is 9.85. The fourth-order valence-corrected chi connectivity index (χ4v) is 1.69. The standard InChI is InChI=1S/C12H14O2/c1-2-5-11(13)10-8-14-12-7-4-3-6-9(10)12/h3-4,6-8,11,13H,2,5H2,1H3/t11-/m1/s1. The van der Waals surface area contributed by atoms with E-state index < -0.39 is 6.10 Å². The Morgan fingerprint density at radius 3 is 2.93 bits per heavy atom. The summed E-state index contributed by atoms with van der Waals surface area (Å²) >= 11 is 0. The van der Waals surface area contributed by atoms with E-state index in [1.54, 1.807) is 6.26 Å². The molecule has 0 aliphatic heterocycles. The first-order chi connectivity index (χ1) is 6.83. The van der Waals surface area contributed by atoms with Crippen molar-refractivity contribution < 1.29 is 9.52 Å². The largest absolute Gasteiger partial charge is 0.464 e. The van der Waals surface area contributed by atoms with Crippen LogP contribution in [0.15, 0.2) is 34.9 Å². The highest BCUT2D eigenvalue weighted by Gasteiger charge is 2.12. The van der Waals surface area contributed by atoms with Crippen molar-refractivity contribution >= 4 is 11.0 Å². The Balaban J connectivity index is 2.42. The summed E-state index contributed by atoms with van der Waals surface area (Å²) < 4.78 is 5.36. The SMILES string of the molecule is CCC[C@@H](O)c1coc2ccccc12. The molecule has 0 saturated heterocycles. The molecule has 0 aliphatic carbocycles. The second-order valence-corrected chi connectivity index (χ2v) is 3.49. The van der Waals surface area contributed by atoms with Gasteiger partial charge in [-0.15, -0.1) is 0 Å². The molecule has 1 N–H and O–H groups in total. The lowest BCUT2D eigenvalue weighted by molar-refractivity contribution is 0.167. The fraction of sp³-hybridized carbons (Fsp3) is 0.333. The lowest BCUT2D eigenvalue weighted by Gasteiger charge is -2.06. The molecule has 2 aromatic rings. The summed E-state index contributed by atoms with van der Waals surface area (Å²) in [6.07, 6.45) is 3.01. The Morgan fingerprint density at radius 2 is 2.14 bits per heavy atom. The van der Waals surface area contributed by atoms with Crippen molar-refractivity contribution in [3.8, 4) is 0 Å². The zero-order chi connectivity index (χ0) is 9.97. The molecule has 0 radical (unpaired) electrons. The molecule has 1 aromatic heterocycles. The van der Waals surface area contributed by atoms with E-state index in [1.165, 1.54) is 0 Å². The molecule has 0 fully saturated rings. The van der Waals surface area contributed by atoms with Gasteiger partial charge in [0, 0.05) is 10.9 Å². The lowest BCUT2D eigenvalue weighted by atomic mass is 10.0. The molecule has 0 amide bonds. The first kappa shape index (κ1) is 9.28. The molecule has 1 heterocycles. The van der Waals surface area contributed by atoms with Crippen molar-refractivity contribution in [2.75, 3.05) is 0 Å². The minimum absolute atomic E-state index is 0.399. The molecule has 0 bridgehead atoms. The van der Waals surface area contributed by atoms with Crippen LogP contribution in [0.3, 0.4) is 0 Å². The Labute approximate surface area is 83.2 Å². The van der Waals surface area contributed by atoms with Crippen LogP contribution >= 0.6 is 0 Å². The number of benzene rings is 1. The van der Waals surface area contributed by atoms with Gasteiger partial charge in [-0.1, -0.05) is 31.5 Å². The van der Waals surface area contributed by atoms with Crippen LogP contribution in [0.25, 0.3) is 11.0 Å². The zero-order valence-corrected chi connectivity index (χ0v) is 8.23. The molecule has 0 unspecified atom stereocenters. The van der Waals surface area contributed by atoms with E-state index in [0.29, 0.717) is 0 Å². The second-order valence-electron chi connectivity index (χ2n) is 3.49. The highest BCUT2D eigenvalue weighted by atomic mass is 16.3. The van der Waals surface area contributed by atoms with Crippen LogP contribution in [-0.2, 0) is 0 Å². The van der Waals surface area contributed by atoms with Crippen molar-refractivity contribution in [3.63, 3.8) is 0 Å². The lowest BCUT2D eigenvalue weighted by Crippen LogP contribution is -1.94. The smallest absolute Gasteiger partial charge is 0.134 e. The number of fused-ring (bicyclic) bond motifs is 1. The van der Waals surface area contributed by atoms with Crippen LogP contribution in [0, 0.1) is 0 Å². The molecule has 1 aromatic carbocycles. The normalized spacial score (nSPS) is 13.3. The van der Waals surface area contributed by atoms with Crippen molar-refractivity contribution in [1.82, 2.24) is 0 Å². The highest BCUT2D eigenvalue weighted by Crippen LogP contribution is 2.28. The Bertz CT molecular complexity index is 417. The summed E-state index contributed by atoms with van der Waals surface area (Å²) in [5.74, 6) is 0. The van der Waals surface area contributed by atoms with Gasteiger partial charge in [-0.3, -0.25) is 0 Å². The molecule has 0 spiro atoms. The van der Waals surface area contributed by atoms with E-state index in [4.69, 9.17) is 4.42 Å². The van der Waals surface area contributed by atoms with E-state index in [2.05, 4.69) is 6.92 Å². The summed E-state index contributed by atoms with van der Waals surface area (Å²) in [7, 11) is 0. The first-order valence-corrected chi connectivity index (χ1v) is 4.97. The maximum Gasteiger partial charge on any atom is 0.134 e. The molecule has 74 valence electrons. The third kappa shape index (κ3) is 1.53. The van der Waals surface area contributed by atoms with Gasteiger partial charge in [-0.2, -0.15) is 0 Å². The minimum Gasteiger partial charge on any atom is -0.464 e. The van der Waals surface area contributed by atoms with E-state index >= 15 is 0 Å². The summed E-state index contributed by atoms with van der Waals surface area (Å²) in [5, 5.41) is 10.9. The number of hydrogen-bond donors (Lipinski definition) is 1. The molecule has 1 atom stereocenters. The first-order valence-electron chi connectivity index (χ1n) is 4.97. The quantitative estimate of drug-likeness (QED) is 0.805. The van der Waals surface area contributed by atoms with Gasteiger partial charge in [-0.05, 0) is 12.5 Å². The molecular weight excluding hydrogens is 176 g/mol. The van der Waals surface area contributed by atoms with Crippen molar-refractivity contribution in [1.29, 1.82) is 0 Å². The third-order valence-electron chi connectivity index (χ3n) is 2.43. The van der Waals surface area contributed by atoms with Gasteiger partial charge < -0.3 is 9.52 Å². The predicted octanol–water partition coefficient (Wildman–Crippen LogP) is 3.27. The Morgan fingerprint density at radius 1 is 1.36 bits per heavy atom. The molecule has 0 saturated carbocycles. The van der Waals surface area contributed by atoms with E-state index in [0.717, 1.165) is 29.4 Å². The monoisotopic (exact) mass is 190 g/mol. The Kier molecular flexibility index (Phi) is 2.55. The summed E-state index contributed by atoms with van der Waals surface area (Å²) in [6.45, 7) is 2.06. The van der Waals surface area contributed by atoms with Gasteiger partial charge in [0.2, 0.25) is 0 Å². The summed E-state index contributed by atoms with van der Waals surface area (Å²) in [5.41, 5.74) is 1.75. The van der Waals surface area contributed by atoms with E-state index in [1.807, 2.05) is 24.3 Å².